The van der Waals surface area contributed by atoms with Crippen molar-refractivity contribution in [3.05, 3.63) is 53.6 Å². The Morgan fingerprint density at radius 3 is 2.69 bits per heavy atom. The van der Waals surface area contributed by atoms with Gasteiger partial charge in [0.25, 0.3) is 11.8 Å². The van der Waals surface area contributed by atoms with Crippen LogP contribution in [0.3, 0.4) is 0 Å². The van der Waals surface area contributed by atoms with Gasteiger partial charge in [0.15, 0.2) is 5.75 Å². The number of para-hydroxylation sites is 1. The van der Waals surface area contributed by atoms with Crippen LogP contribution in [0, 0.1) is 0 Å². The quantitative estimate of drug-likeness (QED) is 0.905. The molecule has 1 aliphatic heterocycles. The monoisotopic (exact) mass is 350 g/mol. The SMILES string of the molecule is CCN1C(=O)c2ccccc2Oc2ccc(C(=O)NC3CCCC3)cc21. The van der Waals surface area contributed by atoms with Gasteiger partial charge in [0, 0.05) is 18.2 Å². The average Bonchev–Trinajstić information content (AvgIpc) is 3.12. The summed E-state index contributed by atoms with van der Waals surface area (Å²) in [6.45, 7) is 2.41. The molecule has 1 N–H and O–H groups in total. The van der Waals surface area contributed by atoms with E-state index >= 15 is 0 Å². The molecule has 1 heterocycles. The van der Waals surface area contributed by atoms with Crippen LogP contribution in [0.5, 0.6) is 11.5 Å². The second-order valence-corrected chi connectivity index (χ2v) is 6.78. The number of hydrogen-bond acceptors (Lipinski definition) is 3. The van der Waals surface area contributed by atoms with Crippen LogP contribution in [0.15, 0.2) is 42.5 Å². The standard InChI is InChI=1S/C21H22N2O3/c1-2-23-17-13-14(20(24)22-15-7-3-4-8-15)11-12-19(17)26-18-10-6-5-9-16(18)21(23)25/h5-6,9-13,15H,2-4,7-8H2,1H3,(H,22,24). The topological polar surface area (TPSA) is 58.6 Å². The van der Waals surface area contributed by atoms with Gasteiger partial charge in [-0.1, -0.05) is 25.0 Å². The maximum absolute atomic E-state index is 12.9. The maximum atomic E-state index is 12.9. The van der Waals surface area contributed by atoms with Crippen LogP contribution < -0.4 is 15.0 Å². The molecule has 5 heteroatoms. The Hall–Kier alpha value is -2.82. The van der Waals surface area contributed by atoms with Gasteiger partial charge >= 0.3 is 0 Å². The first-order chi connectivity index (χ1) is 12.7. The fourth-order valence-electron chi connectivity index (χ4n) is 3.71. The molecule has 1 aliphatic carbocycles. The molecule has 2 aromatic carbocycles. The van der Waals surface area contributed by atoms with Crippen LogP contribution in [0.2, 0.25) is 0 Å². The molecule has 5 nitrogen and oxygen atoms in total. The number of nitrogens with zero attached hydrogens (tertiary/aromatic N) is 1. The molecule has 2 aliphatic rings. The van der Waals surface area contributed by atoms with Crippen molar-refractivity contribution in [3.63, 3.8) is 0 Å². The lowest BCUT2D eigenvalue weighted by atomic mass is 10.1. The first-order valence-electron chi connectivity index (χ1n) is 9.21. The first kappa shape index (κ1) is 16.6. The highest BCUT2D eigenvalue weighted by molar-refractivity contribution is 6.10. The summed E-state index contributed by atoms with van der Waals surface area (Å²) in [4.78, 5) is 27.2. The van der Waals surface area contributed by atoms with Gasteiger partial charge in [0.2, 0.25) is 0 Å². The molecule has 2 aromatic rings. The molecule has 0 spiro atoms. The molecule has 0 bridgehead atoms. The normalized spacial score (nSPS) is 16.5. The molecular weight excluding hydrogens is 328 g/mol. The van der Waals surface area contributed by atoms with Crippen molar-refractivity contribution in [2.24, 2.45) is 0 Å². The molecule has 2 amide bonds. The molecule has 0 unspecified atom stereocenters. The predicted molar refractivity (Wildman–Crippen MR) is 100 cm³/mol. The number of nitrogens with one attached hydrogen (secondary N) is 1. The molecule has 0 aromatic heterocycles. The van der Waals surface area contributed by atoms with Crippen molar-refractivity contribution < 1.29 is 14.3 Å². The number of hydrogen-bond donors (Lipinski definition) is 1. The summed E-state index contributed by atoms with van der Waals surface area (Å²) >= 11 is 0. The molecule has 4 rings (SSSR count). The van der Waals surface area contributed by atoms with Crippen LogP contribution in [-0.4, -0.2) is 24.4 Å². The number of rotatable bonds is 3. The van der Waals surface area contributed by atoms with Crippen molar-refractivity contribution in [2.75, 3.05) is 11.4 Å². The van der Waals surface area contributed by atoms with E-state index < -0.39 is 0 Å². The minimum Gasteiger partial charge on any atom is -0.454 e. The van der Waals surface area contributed by atoms with Gasteiger partial charge in [-0.25, -0.2) is 0 Å². The van der Waals surface area contributed by atoms with E-state index in [9.17, 15) is 9.59 Å². The number of fused-ring (bicyclic) bond motifs is 2. The highest BCUT2D eigenvalue weighted by Crippen LogP contribution is 2.39. The zero-order valence-electron chi connectivity index (χ0n) is 14.8. The Labute approximate surface area is 153 Å². The summed E-state index contributed by atoms with van der Waals surface area (Å²) in [6, 6.07) is 12.8. The van der Waals surface area contributed by atoms with E-state index in [1.54, 1.807) is 35.2 Å². The smallest absolute Gasteiger partial charge is 0.262 e. The molecule has 0 radical (unpaired) electrons. The van der Waals surface area contributed by atoms with Gasteiger partial charge in [-0.3, -0.25) is 9.59 Å². The van der Waals surface area contributed by atoms with Crippen LogP contribution >= 0.6 is 0 Å². The fraction of sp³-hybridized carbons (Fsp3) is 0.333. The molecular formula is C21H22N2O3. The van der Waals surface area contributed by atoms with Gasteiger partial charge in [-0.15, -0.1) is 0 Å². The van der Waals surface area contributed by atoms with Gasteiger partial charge < -0.3 is 15.0 Å². The first-order valence-corrected chi connectivity index (χ1v) is 9.21. The number of ether oxygens (including phenoxy) is 1. The predicted octanol–water partition coefficient (Wildman–Crippen LogP) is 4.13. The fourth-order valence-corrected chi connectivity index (χ4v) is 3.71. The number of benzene rings is 2. The van der Waals surface area contributed by atoms with Crippen molar-refractivity contribution in [1.82, 2.24) is 5.32 Å². The molecule has 0 saturated heterocycles. The van der Waals surface area contributed by atoms with Gasteiger partial charge in [-0.2, -0.15) is 0 Å². The van der Waals surface area contributed by atoms with E-state index in [0.29, 0.717) is 34.9 Å². The number of amides is 2. The van der Waals surface area contributed by atoms with E-state index in [4.69, 9.17) is 4.74 Å². The van der Waals surface area contributed by atoms with Gasteiger partial charge in [-0.05, 0) is 50.1 Å². The van der Waals surface area contributed by atoms with Crippen LogP contribution in [-0.2, 0) is 0 Å². The van der Waals surface area contributed by atoms with Gasteiger partial charge in [0.05, 0.1) is 11.3 Å². The van der Waals surface area contributed by atoms with Gasteiger partial charge in [0.1, 0.15) is 5.75 Å². The second-order valence-electron chi connectivity index (χ2n) is 6.78. The molecule has 1 fully saturated rings. The summed E-state index contributed by atoms with van der Waals surface area (Å²) in [5.74, 6) is 0.917. The lowest BCUT2D eigenvalue weighted by Gasteiger charge is -2.21. The number of carbonyl (C=O) groups is 2. The summed E-state index contributed by atoms with van der Waals surface area (Å²) in [7, 11) is 0. The van der Waals surface area contributed by atoms with E-state index in [-0.39, 0.29) is 17.9 Å². The van der Waals surface area contributed by atoms with Crippen molar-refractivity contribution in [2.45, 2.75) is 38.6 Å². The zero-order valence-corrected chi connectivity index (χ0v) is 14.8. The Morgan fingerprint density at radius 1 is 1.15 bits per heavy atom. The molecule has 1 saturated carbocycles. The van der Waals surface area contributed by atoms with Crippen molar-refractivity contribution >= 4 is 17.5 Å². The minimum atomic E-state index is -0.116. The van der Waals surface area contributed by atoms with Crippen molar-refractivity contribution in [3.8, 4) is 11.5 Å². The summed E-state index contributed by atoms with van der Waals surface area (Å²) in [6.07, 6.45) is 4.40. The Kier molecular flexibility index (Phi) is 4.37. The lowest BCUT2D eigenvalue weighted by Crippen LogP contribution is -2.33. The third kappa shape index (κ3) is 2.94. The average molecular weight is 350 g/mol. The zero-order chi connectivity index (χ0) is 18.1. The van der Waals surface area contributed by atoms with Crippen LogP contribution in [0.25, 0.3) is 0 Å². The molecule has 0 atom stereocenters. The Balaban J connectivity index is 1.69. The number of anilines is 1. The van der Waals surface area contributed by atoms with E-state index in [0.717, 1.165) is 12.8 Å². The Morgan fingerprint density at radius 2 is 1.92 bits per heavy atom. The Bertz CT molecular complexity index is 856. The summed E-state index contributed by atoms with van der Waals surface area (Å²) in [5.41, 5.74) is 1.71. The number of carbonyl (C=O) groups excluding carboxylic acids is 2. The minimum absolute atomic E-state index is 0.0926. The van der Waals surface area contributed by atoms with Crippen molar-refractivity contribution in [1.29, 1.82) is 0 Å². The lowest BCUT2D eigenvalue weighted by molar-refractivity contribution is 0.0935. The van der Waals surface area contributed by atoms with E-state index in [1.165, 1.54) is 12.8 Å². The second kappa shape index (κ2) is 6.83. The van der Waals surface area contributed by atoms with Crippen LogP contribution in [0.1, 0.15) is 53.3 Å². The highest BCUT2D eigenvalue weighted by atomic mass is 16.5. The third-order valence-electron chi connectivity index (χ3n) is 5.10. The highest BCUT2D eigenvalue weighted by Gasteiger charge is 2.28. The summed E-state index contributed by atoms with van der Waals surface area (Å²) in [5, 5.41) is 3.10. The summed E-state index contributed by atoms with van der Waals surface area (Å²) < 4.78 is 5.98. The molecule has 26 heavy (non-hydrogen) atoms. The molecule has 134 valence electrons. The largest absolute Gasteiger partial charge is 0.454 e. The third-order valence-corrected chi connectivity index (χ3v) is 5.10. The van der Waals surface area contributed by atoms with E-state index in [1.807, 2.05) is 19.1 Å². The van der Waals surface area contributed by atoms with E-state index in [2.05, 4.69) is 5.32 Å². The maximum Gasteiger partial charge on any atom is 0.262 e. The van der Waals surface area contributed by atoms with Crippen LogP contribution in [0.4, 0.5) is 5.69 Å².